The second kappa shape index (κ2) is 6.47. The molecular weight excluding hydrogens is 296 g/mol. The first-order valence-electron chi connectivity index (χ1n) is 7.70. The molecule has 1 fully saturated rings. The largest absolute Gasteiger partial charge is 0.304 e. The van der Waals surface area contributed by atoms with Gasteiger partial charge in [-0.15, -0.1) is 0 Å². The van der Waals surface area contributed by atoms with Crippen molar-refractivity contribution in [2.24, 2.45) is 0 Å². The van der Waals surface area contributed by atoms with Crippen molar-refractivity contribution in [1.29, 1.82) is 0 Å². The second-order valence-corrected chi connectivity index (χ2v) is 5.94. The molecule has 1 aromatic rings. The summed E-state index contributed by atoms with van der Waals surface area (Å²) < 4.78 is 0. The lowest BCUT2D eigenvalue weighted by atomic mass is 9.98. The Morgan fingerprint density at radius 3 is 2.57 bits per heavy atom. The molecule has 0 saturated carbocycles. The molecule has 7 nitrogen and oxygen atoms in total. The van der Waals surface area contributed by atoms with Crippen molar-refractivity contribution in [3.8, 4) is 0 Å². The SMILES string of the molecule is CN1CCN(NC(=O)CN2C(=O)Cc3ccccc3C2=O)CC1. The number of nitrogens with one attached hydrogen (secondary N) is 1. The molecule has 0 aliphatic carbocycles. The third kappa shape index (κ3) is 3.40. The molecule has 2 heterocycles. The van der Waals surface area contributed by atoms with E-state index in [1.54, 1.807) is 24.3 Å². The van der Waals surface area contributed by atoms with Crippen LogP contribution in [0.15, 0.2) is 24.3 Å². The van der Waals surface area contributed by atoms with E-state index in [4.69, 9.17) is 0 Å². The Bertz CT molecular complexity index is 638. The fourth-order valence-electron chi connectivity index (χ4n) is 2.83. The molecule has 0 unspecified atom stereocenters. The number of benzene rings is 1. The van der Waals surface area contributed by atoms with Crippen molar-refractivity contribution in [2.75, 3.05) is 39.8 Å². The van der Waals surface area contributed by atoms with Gasteiger partial charge in [0.1, 0.15) is 6.54 Å². The minimum absolute atomic E-state index is 0.156. The Labute approximate surface area is 134 Å². The zero-order valence-corrected chi connectivity index (χ0v) is 13.1. The standard InChI is InChI=1S/C16H20N4O3/c1-18-6-8-19(9-7-18)17-14(21)11-20-15(22)10-12-4-2-3-5-13(12)16(20)23/h2-5H,6-11H2,1H3,(H,17,21). The van der Waals surface area contributed by atoms with Gasteiger partial charge in [0.25, 0.3) is 11.8 Å². The van der Waals surface area contributed by atoms with E-state index >= 15 is 0 Å². The Kier molecular flexibility index (Phi) is 4.40. The van der Waals surface area contributed by atoms with Crippen molar-refractivity contribution >= 4 is 17.7 Å². The van der Waals surface area contributed by atoms with Crippen LogP contribution in [0.25, 0.3) is 0 Å². The van der Waals surface area contributed by atoms with Gasteiger partial charge in [0, 0.05) is 31.7 Å². The number of nitrogens with zero attached hydrogens (tertiary/aromatic N) is 3. The zero-order valence-electron chi connectivity index (χ0n) is 13.1. The van der Waals surface area contributed by atoms with Crippen LogP contribution in [0, 0.1) is 0 Å². The van der Waals surface area contributed by atoms with Gasteiger partial charge in [0.05, 0.1) is 6.42 Å². The second-order valence-electron chi connectivity index (χ2n) is 5.94. The lowest BCUT2D eigenvalue weighted by molar-refractivity contribution is -0.135. The van der Waals surface area contributed by atoms with Gasteiger partial charge in [-0.2, -0.15) is 0 Å². The predicted octanol–water partition coefficient (Wildman–Crippen LogP) is -0.510. The minimum atomic E-state index is -0.398. The smallest absolute Gasteiger partial charge is 0.261 e. The van der Waals surface area contributed by atoms with Gasteiger partial charge in [-0.25, -0.2) is 5.01 Å². The Balaban J connectivity index is 1.62. The fraction of sp³-hybridized carbons (Fsp3) is 0.438. The summed E-state index contributed by atoms with van der Waals surface area (Å²) in [4.78, 5) is 39.9. The molecule has 7 heteroatoms. The van der Waals surface area contributed by atoms with E-state index in [1.165, 1.54) is 0 Å². The van der Waals surface area contributed by atoms with Gasteiger partial charge in [-0.3, -0.25) is 24.7 Å². The molecule has 0 bridgehead atoms. The van der Waals surface area contributed by atoms with Crippen LogP contribution in [0.2, 0.25) is 0 Å². The monoisotopic (exact) mass is 316 g/mol. The summed E-state index contributed by atoms with van der Waals surface area (Å²) in [6.07, 6.45) is 0.156. The Hall–Kier alpha value is -2.25. The van der Waals surface area contributed by atoms with Crippen LogP contribution in [-0.4, -0.2) is 72.3 Å². The maximum atomic E-state index is 12.4. The minimum Gasteiger partial charge on any atom is -0.304 e. The zero-order chi connectivity index (χ0) is 16.4. The lowest BCUT2D eigenvalue weighted by Gasteiger charge is -2.33. The van der Waals surface area contributed by atoms with Gasteiger partial charge >= 0.3 is 0 Å². The van der Waals surface area contributed by atoms with E-state index in [-0.39, 0.29) is 24.8 Å². The molecule has 3 rings (SSSR count). The van der Waals surface area contributed by atoms with Gasteiger partial charge in [0.2, 0.25) is 5.91 Å². The van der Waals surface area contributed by atoms with E-state index in [0.717, 1.165) is 36.6 Å². The topological polar surface area (TPSA) is 73.0 Å². The fourth-order valence-corrected chi connectivity index (χ4v) is 2.83. The summed E-state index contributed by atoms with van der Waals surface area (Å²) in [6.45, 7) is 2.96. The number of amides is 3. The molecule has 0 spiro atoms. The normalized spacial score (nSPS) is 19.6. The molecule has 122 valence electrons. The van der Waals surface area contributed by atoms with E-state index in [0.29, 0.717) is 5.56 Å². The van der Waals surface area contributed by atoms with E-state index in [2.05, 4.69) is 10.3 Å². The Morgan fingerprint density at radius 2 is 1.83 bits per heavy atom. The van der Waals surface area contributed by atoms with Crippen LogP contribution in [0.5, 0.6) is 0 Å². The summed E-state index contributed by atoms with van der Waals surface area (Å²) in [5, 5.41) is 1.83. The summed E-state index contributed by atoms with van der Waals surface area (Å²) >= 11 is 0. The number of piperazine rings is 1. The molecule has 23 heavy (non-hydrogen) atoms. The van der Waals surface area contributed by atoms with Crippen LogP contribution < -0.4 is 5.43 Å². The highest BCUT2D eigenvalue weighted by Crippen LogP contribution is 2.19. The van der Waals surface area contributed by atoms with Crippen molar-refractivity contribution < 1.29 is 14.4 Å². The van der Waals surface area contributed by atoms with Crippen molar-refractivity contribution in [3.63, 3.8) is 0 Å². The highest BCUT2D eigenvalue weighted by molar-refractivity contribution is 6.11. The van der Waals surface area contributed by atoms with Gasteiger partial charge in [-0.1, -0.05) is 18.2 Å². The van der Waals surface area contributed by atoms with Crippen LogP contribution in [0.1, 0.15) is 15.9 Å². The predicted molar refractivity (Wildman–Crippen MR) is 83.4 cm³/mol. The molecule has 1 aromatic carbocycles. The average molecular weight is 316 g/mol. The van der Waals surface area contributed by atoms with Gasteiger partial charge in [-0.05, 0) is 18.7 Å². The molecule has 0 radical (unpaired) electrons. The van der Waals surface area contributed by atoms with Crippen molar-refractivity contribution in [1.82, 2.24) is 20.2 Å². The number of hydrazine groups is 1. The summed E-state index contributed by atoms with van der Waals surface area (Å²) in [7, 11) is 2.03. The molecule has 3 amide bonds. The maximum Gasteiger partial charge on any atom is 0.261 e. The summed E-state index contributed by atoms with van der Waals surface area (Å²) in [5.74, 6) is -1.07. The number of fused-ring (bicyclic) bond motifs is 1. The van der Waals surface area contributed by atoms with Crippen LogP contribution in [0.4, 0.5) is 0 Å². The van der Waals surface area contributed by atoms with E-state index in [1.807, 2.05) is 12.1 Å². The van der Waals surface area contributed by atoms with E-state index in [9.17, 15) is 14.4 Å². The molecule has 1 saturated heterocycles. The molecule has 0 aromatic heterocycles. The molecular formula is C16H20N4O3. The average Bonchev–Trinajstić information content (AvgIpc) is 2.54. The quantitative estimate of drug-likeness (QED) is 0.761. The number of rotatable bonds is 3. The highest BCUT2D eigenvalue weighted by Gasteiger charge is 2.32. The third-order valence-corrected chi connectivity index (χ3v) is 4.22. The number of carbonyl (C=O) groups is 3. The molecule has 2 aliphatic heterocycles. The van der Waals surface area contributed by atoms with E-state index < -0.39 is 5.91 Å². The van der Waals surface area contributed by atoms with Crippen molar-refractivity contribution in [3.05, 3.63) is 35.4 Å². The number of hydrogen-bond acceptors (Lipinski definition) is 5. The van der Waals surface area contributed by atoms with Crippen LogP contribution in [-0.2, 0) is 16.0 Å². The molecule has 0 atom stereocenters. The molecule has 1 N–H and O–H groups in total. The highest BCUT2D eigenvalue weighted by atomic mass is 16.2. The molecule has 2 aliphatic rings. The lowest BCUT2D eigenvalue weighted by Crippen LogP contribution is -2.55. The van der Waals surface area contributed by atoms with Crippen molar-refractivity contribution in [2.45, 2.75) is 6.42 Å². The van der Waals surface area contributed by atoms with Gasteiger partial charge in [0.15, 0.2) is 0 Å². The van der Waals surface area contributed by atoms with Gasteiger partial charge < -0.3 is 4.90 Å². The number of imide groups is 1. The third-order valence-electron chi connectivity index (χ3n) is 4.22. The summed E-state index contributed by atoms with van der Waals surface area (Å²) in [6, 6.07) is 7.02. The van der Waals surface area contributed by atoms with Crippen LogP contribution in [0.3, 0.4) is 0 Å². The first-order chi connectivity index (χ1) is 11.0. The maximum absolute atomic E-state index is 12.4. The number of carbonyl (C=O) groups excluding carboxylic acids is 3. The number of hydrogen-bond donors (Lipinski definition) is 1. The van der Waals surface area contributed by atoms with Crippen LogP contribution >= 0.6 is 0 Å². The summed E-state index contributed by atoms with van der Waals surface area (Å²) in [5.41, 5.74) is 3.99. The Morgan fingerprint density at radius 1 is 1.13 bits per heavy atom. The first-order valence-corrected chi connectivity index (χ1v) is 7.70. The number of likely N-dealkylation sites (N-methyl/N-ethyl adjacent to an activating group) is 1. The first kappa shape index (κ1) is 15.6.